The van der Waals surface area contributed by atoms with E-state index in [2.05, 4.69) is 4.98 Å². The molecule has 1 aliphatic rings. The molecular weight excluding hydrogens is 452 g/mol. The van der Waals surface area contributed by atoms with Crippen LogP contribution in [0.2, 0.25) is 0 Å². The molecule has 186 valence electrons. The average Bonchev–Trinajstić information content (AvgIpc) is 2.78. The highest BCUT2D eigenvalue weighted by atomic mass is 19.4. The van der Waals surface area contributed by atoms with Gasteiger partial charge in [-0.2, -0.15) is 13.2 Å². The number of rotatable bonds is 8. The van der Waals surface area contributed by atoms with E-state index < -0.39 is 23.4 Å². The molecule has 3 rings (SSSR count). The van der Waals surface area contributed by atoms with Gasteiger partial charge in [-0.1, -0.05) is 6.07 Å². The molecule has 1 aromatic carbocycles. The molecule has 0 spiro atoms. The maximum absolute atomic E-state index is 14.3. The van der Waals surface area contributed by atoms with E-state index in [1.165, 1.54) is 26.0 Å². The quantitative estimate of drug-likeness (QED) is 0.355. The predicted octanol–water partition coefficient (Wildman–Crippen LogP) is 5.74. The lowest BCUT2D eigenvalue weighted by atomic mass is 9.89. The van der Waals surface area contributed by atoms with Gasteiger partial charge in [0, 0.05) is 24.4 Å². The number of halogens is 4. The molecule has 2 heterocycles. The third-order valence-electron chi connectivity index (χ3n) is 6.09. The number of ether oxygens (including phenoxy) is 2. The van der Waals surface area contributed by atoms with Crippen molar-refractivity contribution in [3.8, 4) is 17.0 Å². The summed E-state index contributed by atoms with van der Waals surface area (Å²) in [5.41, 5.74) is -0.614. The third kappa shape index (κ3) is 6.46. The minimum atomic E-state index is -4.22. The van der Waals surface area contributed by atoms with Crippen molar-refractivity contribution in [3.05, 3.63) is 47.9 Å². The van der Waals surface area contributed by atoms with E-state index in [-0.39, 0.29) is 24.6 Å². The van der Waals surface area contributed by atoms with Crippen LogP contribution in [0, 0.1) is 17.2 Å². The maximum atomic E-state index is 14.3. The van der Waals surface area contributed by atoms with Crippen LogP contribution in [-0.2, 0) is 4.74 Å². The average molecular weight is 483 g/mol. The van der Waals surface area contributed by atoms with Gasteiger partial charge in [-0.15, -0.1) is 0 Å². The first-order valence-electron chi connectivity index (χ1n) is 11.3. The number of likely N-dealkylation sites (tertiary alicyclic amines) is 1. The highest BCUT2D eigenvalue weighted by Gasteiger charge is 2.48. The van der Waals surface area contributed by atoms with Crippen molar-refractivity contribution in [1.82, 2.24) is 9.88 Å². The largest absolute Gasteiger partial charge is 0.477 e. The fourth-order valence-corrected chi connectivity index (χ4v) is 3.87. The number of nitrogens with zero attached hydrogens (tertiary/aromatic N) is 2. The summed E-state index contributed by atoms with van der Waals surface area (Å²) in [5.74, 6) is -0.700. The summed E-state index contributed by atoms with van der Waals surface area (Å²) in [4.78, 5) is 17.9. The summed E-state index contributed by atoms with van der Waals surface area (Å²) in [6.07, 6.45) is -1.13. The van der Waals surface area contributed by atoms with Crippen LogP contribution in [-0.4, -0.2) is 54.9 Å². The summed E-state index contributed by atoms with van der Waals surface area (Å²) < 4.78 is 64.3. The number of carbonyl (C=O) groups excluding carboxylic acids is 1. The molecule has 9 heteroatoms. The van der Waals surface area contributed by atoms with Gasteiger partial charge < -0.3 is 14.4 Å². The minimum absolute atomic E-state index is 0.00550. The van der Waals surface area contributed by atoms with Gasteiger partial charge in [0.1, 0.15) is 5.82 Å². The van der Waals surface area contributed by atoms with Crippen LogP contribution < -0.4 is 4.74 Å². The van der Waals surface area contributed by atoms with Crippen molar-refractivity contribution < 1.29 is 31.8 Å². The number of esters is 1. The number of hydrogen-bond donors (Lipinski definition) is 0. The Bertz CT molecular complexity index is 969. The Morgan fingerprint density at radius 1 is 1.12 bits per heavy atom. The van der Waals surface area contributed by atoms with Crippen LogP contribution in [0.15, 0.2) is 36.5 Å². The SMILES string of the molecule is CCOC(=O)c1ccc(-c2ccc(OCC3CCN(CC(C)(C)C(F)(F)F)CC3)nc2)cc1F. The zero-order chi connectivity index (χ0) is 24.9. The van der Waals surface area contributed by atoms with Crippen molar-refractivity contribution in [1.29, 1.82) is 0 Å². The maximum Gasteiger partial charge on any atom is 0.395 e. The van der Waals surface area contributed by atoms with E-state index in [1.54, 1.807) is 31.3 Å². The normalized spacial score (nSPS) is 15.9. The molecule has 0 unspecified atom stereocenters. The second-order valence-corrected chi connectivity index (χ2v) is 9.21. The van der Waals surface area contributed by atoms with Gasteiger partial charge in [0.2, 0.25) is 5.88 Å². The van der Waals surface area contributed by atoms with Crippen molar-refractivity contribution in [2.45, 2.75) is 39.8 Å². The number of benzene rings is 1. The van der Waals surface area contributed by atoms with Gasteiger partial charge in [0.05, 0.1) is 24.2 Å². The summed E-state index contributed by atoms with van der Waals surface area (Å²) >= 11 is 0. The zero-order valence-corrected chi connectivity index (χ0v) is 19.6. The fraction of sp³-hybridized carbons (Fsp3) is 0.520. The number of carbonyl (C=O) groups is 1. The van der Waals surface area contributed by atoms with Crippen LogP contribution in [0.4, 0.5) is 17.6 Å². The summed E-state index contributed by atoms with van der Waals surface area (Å²) in [6.45, 7) is 5.94. The van der Waals surface area contributed by atoms with E-state index in [4.69, 9.17) is 9.47 Å². The van der Waals surface area contributed by atoms with Crippen LogP contribution in [0.25, 0.3) is 11.1 Å². The third-order valence-corrected chi connectivity index (χ3v) is 6.09. The molecule has 0 aliphatic carbocycles. The van der Waals surface area contributed by atoms with Crippen LogP contribution in [0.3, 0.4) is 0 Å². The molecule has 0 bridgehead atoms. The van der Waals surface area contributed by atoms with Crippen LogP contribution in [0.5, 0.6) is 5.88 Å². The highest BCUT2D eigenvalue weighted by molar-refractivity contribution is 5.90. The second-order valence-electron chi connectivity index (χ2n) is 9.21. The van der Waals surface area contributed by atoms with Crippen LogP contribution >= 0.6 is 0 Å². The molecule has 0 amide bonds. The molecule has 0 radical (unpaired) electrons. The Morgan fingerprint density at radius 2 is 1.79 bits per heavy atom. The van der Waals surface area contributed by atoms with Gasteiger partial charge in [-0.3, -0.25) is 0 Å². The molecule has 1 fully saturated rings. The van der Waals surface area contributed by atoms with E-state index in [1.807, 2.05) is 4.90 Å². The summed E-state index contributed by atoms with van der Waals surface area (Å²) in [6, 6.07) is 7.71. The topological polar surface area (TPSA) is 51.7 Å². The number of pyridine rings is 1. The van der Waals surface area contributed by atoms with E-state index in [0.29, 0.717) is 36.7 Å². The van der Waals surface area contributed by atoms with Crippen molar-refractivity contribution in [3.63, 3.8) is 0 Å². The monoisotopic (exact) mass is 482 g/mol. The van der Waals surface area contributed by atoms with Crippen molar-refractivity contribution in [2.75, 3.05) is 32.8 Å². The second kappa shape index (κ2) is 10.7. The standard InChI is InChI=1S/C25H30F4N2O3/c1-4-33-23(32)20-7-5-18(13-21(20)26)19-6-8-22(30-14-19)34-15-17-9-11-31(12-10-17)16-24(2,3)25(27,28)29/h5-8,13-14,17H,4,9-12,15-16H2,1-3H3. The Balaban J connectivity index is 1.50. The predicted molar refractivity (Wildman–Crippen MR) is 120 cm³/mol. The van der Waals surface area contributed by atoms with Gasteiger partial charge in [-0.05, 0) is 76.4 Å². The Hall–Kier alpha value is -2.68. The molecule has 5 nitrogen and oxygen atoms in total. The van der Waals surface area contributed by atoms with Gasteiger partial charge in [0.15, 0.2) is 0 Å². The minimum Gasteiger partial charge on any atom is -0.477 e. The first-order chi connectivity index (χ1) is 16.0. The lowest BCUT2D eigenvalue weighted by Gasteiger charge is -2.38. The molecule has 1 aliphatic heterocycles. The van der Waals surface area contributed by atoms with Crippen LogP contribution in [0.1, 0.15) is 44.0 Å². The number of aromatic nitrogens is 1. The Kier molecular flexibility index (Phi) is 8.17. The molecule has 0 atom stereocenters. The zero-order valence-electron chi connectivity index (χ0n) is 19.6. The van der Waals surface area contributed by atoms with Gasteiger partial charge in [-0.25, -0.2) is 14.2 Å². The Labute approximate surface area is 197 Å². The molecule has 2 aromatic rings. The molecular formula is C25H30F4N2O3. The van der Waals surface area contributed by atoms with Gasteiger partial charge in [0.25, 0.3) is 0 Å². The molecule has 0 N–H and O–H groups in total. The first-order valence-corrected chi connectivity index (χ1v) is 11.3. The first kappa shape index (κ1) is 25.9. The summed E-state index contributed by atoms with van der Waals surface area (Å²) in [7, 11) is 0. The number of alkyl halides is 3. The molecule has 34 heavy (non-hydrogen) atoms. The number of hydrogen-bond acceptors (Lipinski definition) is 5. The van der Waals surface area contributed by atoms with Gasteiger partial charge >= 0.3 is 12.1 Å². The summed E-state index contributed by atoms with van der Waals surface area (Å²) in [5, 5.41) is 0. The highest BCUT2D eigenvalue weighted by Crippen LogP contribution is 2.38. The lowest BCUT2D eigenvalue weighted by molar-refractivity contribution is -0.217. The van der Waals surface area contributed by atoms with Crippen molar-refractivity contribution in [2.24, 2.45) is 11.3 Å². The molecule has 1 aromatic heterocycles. The van der Waals surface area contributed by atoms with E-state index in [0.717, 1.165) is 12.8 Å². The smallest absolute Gasteiger partial charge is 0.395 e. The lowest BCUT2D eigenvalue weighted by Crippen LogP contribution is -2.46. The fourth-order valence-electron chi connectivity index (χ4n) is 3.87. The Morgan fingerprint density at radius 3 is 2.35 bits per heavy atom. The van der Waals surface area contributed by atoms with Crippen molar-refractivity contribution >= 4 is 5.97 Å². The van der Waals surface area contributed by atoms with E-state index >= 15 is 0 Å². The number of piperidine rings is 1. The van der Waals surface area contributed by atoms with E-state index in [9.17, 15) is 22.4 Å². The molecule has 1 saturated heterocycles. The molecule has 0 saturated carbocycles.